The Bertz CT molecular complexity index is 380. The van der Waals surface area contributed by atoms with Gasteiger partial charge in [0.15, 0.2) is 11.9 Å². The molecule has 0 bridgehead atoms. The third-order valence-electron chi connectivity index (χ3n) is 2.34. The van der Waals surface area contributed by atoms with Crippen molar-refractivity contribution in [3.63, 3.8) is 0 Å². The average molecular weight is 246 g/mol. The molecule has 1 aliphatic rings. The van der Waals surface area contributed by atoms with Crippen molar-refractivity contribution in [1.29, 1.82) is 0 Å². The van der Waals surface area contributed by atoms with Gasteiger partial charge in [0.05, 0.1) is 14.2 Å². The first-order valence-corrected chi connectivity index (χ1v) is 4.62. The first-order valence-electron chi connectivity index (χ1n) is 4.62. The fraction of sp³-hybridized carbons (Fsp3) is 0.556. The molecule has 0 aliphatic carbocycles. The number of amides is 2. The van der Waals surface area contributed by atoms with Crippen molar-refractivity contribution in [1.82, 2.24) is 5.32 Å². The standard InChI is InChI=1S/C9H14N2O6/c1-15-4-5(16-2)9(14,11-8(4)13)6(17-3)7(10)12/h6,14H,1-3H3,(H2,10,12)(H,11,13)/t6-,9+/m1/s1. The predicted octanol–water partition coefficient (Wildman–Crippen LogP) is -2.19. The van der Waals surface area contributed by atoms with Gasteiger partial charge < -0.3 is 30.4 Å². The lowest BCUT2D eigenvalue weighted by atomic mass is 10.1. The Balaban J connectivity index is 3.25. The molecule has 0 saturated heterocycles. The van der Waals surface area contributed by atoms with E-state index in [9.17, 15) is 14.7 Å². The number of nitrogens with one attached hydrogen (secondary N) is 1. The summed E-state index contributed by atoms with van der Waals surface area (Å²) in [6, 6.07) is 0. The average Bonchev–Trinajstić information content (AvgIpc) is 2.49. The van der Waals surface area contributed by atoms with Gasteiger partial charge in [-0.05, 0) is 0 Å². The summed E-state index contributed by atoms with van der Waals surface area (Å²) in [6.45, 7) is 0. The molecule has 8 nitrogen and oxygen atoms in total. The minimum absolute atomic E-state index is 0.238. The van der Waals surface area contributed by atoms with Crippen molar-refractivity contribution in [3.05, 3.63) is 11.5 Å². The van der Waals surface area contributed by atoms with Gasteiger partial charge in [-0.15, -0.1) is 0 Å². The summed E-state index contributed by atoms with van der Waals surface area (Å²) < 4.78 is 14.4. The van der Waals surface area contributed by atoms with E-state index in [0.29, 0.717) is 0 Å². The second kappa shape index (κ2) is 4.60. The molecule has 0 aromatic rings. The van der Waals surface area contributed by atoms with E-state index < -0.39 is 23.6 Å². The van der Waals surface area contributed by atoms with E-state index in [1.54, 1.807) is 0 Å². The SMILES string of the molecule is COC1=C(OC)[C@](O)([C@H](OC)C(N)=O)NC1=O. The zero-order valence-electron chi connectivity index (χ0n) is 9.64. The van der Waals surface area contributed by atoms with Gasteiger partial charge in [-0.25, -0.2) is 0 Å². The molecule has 0 radical (unpaired) electrons. The van der Waals surface area contributed by atoms with E-state index in [0.717, 1.165) is 7.11 Å². The number of aliphatic hydroxyl groups is 1. The largest absolute Gasteiger partial charge is 0.492 e. The number of ether oxygens (including phenoxy) is 3. The van der Waals surface area contributed by atoms with Crippen LogP contribution in [0.25, 0.3) is 0 Å². The van der Waals surface area contributed by atoms with E-state index in [2.05, 4.69) is 5.32 Å². The molecule has 1 heterocycles. The van der Waals surface area contributed by atoms with Crippen LogP contribution >= 0.6 is 0 Å². The number of nitrogens with two attached hydrogens (primary N) is 1. The fourth-order valence-electron chi connectivity index (χ4n) is 1.67. The molecule has 0 aromatic heterocycles. The van der Waals surface area contributed by atoms with Crippen LogP contribution in [0, 0.1) is 0 Å². The van der Waals surface area contributed by atoms with Crippen LogP contribution in [-0.2, 0) is 23.8 Å². The maximum absolute atomic E-state index is 11.5. The maximum atomic E-state index is 11.5. The molecule has 1 rings (SSSR count). The summed E-state index contributed by atoms with van der Waals surface area (Å²) in [5.41, 5.74) is 2.90. The lowest BCUT2D eigenvalue weighted by molar-refractivity contribution is -0.152. The van der Waals surface area contributed by atoms with E-state index in [4.69, 9.17) is 19.9 Å². The molecule has 1 aliphatic heterocycles. The van der Waals surface area contributed by atoms with Crippen LogP contribution in [0.1, 0.15) is 0 Å². The van der Waals surface area contributed by atoms with Crippen LogP contribution in [0.4, 0.5) is 0 Å². The first kappa shape index (κ1) is 13.3. The zero-order chi connectivity index (χ0) is 13.2. The van der Waals surface area contributed by atoms with Crippen LogP contribution in [0.2, 0.25) is 0 Å². The van der Waals surface area contributed by atoms with Gasteiger partial charge in [0.2, 0.25) is 11.5 Å². The smallest absolute Gasteiger partial charge is 0.292 e. The van der Waals surface area contributed by atoms with E-state index >= 15 is 0 Å². The summed E-state index contributed by atoms with van der Waals surface area (Å²) >= 11 is 0. The van der Waals surface area contributed by atoms with Gasteiger partial charge in [-0.2, -0.15) is 0 Å². The van der Waals surface area contributed by atoms with E-state index in [1.165, 1.54) is 14.2 Å². The molecule has 0 fully saturated rings. The molecule has 4 N–H and O–H groups in total. The van der Waals surface area contributed by atoms with Crippen molar-refractivity contribution in [2.45, 2.75) is 11.8 Å². The second-order valence-corrected chi connectivity index (χ2v) is 3.31. The Hall–Kier alpha value is -1.80. The van der Waals surface area contributed by atoms with Crippen LogP contribution < -0.4 is 11.1 Å². The highest BCUT2D eigenvalue weighted by Gasteiger charge is 2.54. The predicted molar refractivity (Wildman–Crippen MR) is 54.1 cm³/mol. The number of primary amides is 1. The lowest BCUT2D eigenvalue weighted by Gasteiger charge is -2.29. The molecule has 0 saturated carbocycles. The third kappa shape index (κ3) is 1.92. The Morgan fingerprint density at radius 2 is 2.00 bits per heavy atom. The van der Waals surface area contributed by atoms with Crippen LogP contribution in [0.5, 0.6) is 0 Å². The van der Waals surface area contributed by atoms with Gasteiger partial charge >= 0.3 is 0 Å². The molecular weight excluding hydrogens is 232 g/mol. The summed E-state index contributed by atoms with van der Waals surface area (Å²) in [7, 11) is 3.61. The van der Waals surface area contributed by atoms with Crippen LogP contribution in [-0.4, -0.2) is 50.1 Å². The molecule has 96 valence electrons. The molecule has 0 unspecified atom stereocenters. The molecule has 17 heavy (non-hydrogen) atoms. The Kier molecular flexibility index (Phi) is 3.59. The summed E-state index contributed by atoms with van der Waals surface area (Å²) in [5.74, 6) is -2.17. The van der Waals surface area contributed by atoms with E-state index in [-0.39, 0.29) is 11.5 Å². The molecule has 2 amide bonds. The van der Waals surface area contributed by atoms with Crippen LogP contribution in [0.15, 0.2) is 11.5 Å². The number of carbonyl (C=O) groups excluding carboxylic acids is 2. The molecule has 0 aromatic carbocycles. The van der Waals surface area contributed by atoms with Gasteiger partial charge in [0.25, 0.3) is 11.8 Å². The minimum Gasteiger partial charge on any atom is -0.492 e. The highest BCUT2D eigenvalue weighted by molar-refractivity contribution is 5.97. The monoisotopic (exact) mass is 246 g/mol. The highest BCUT2D eigenvalue weighted by atomic mass is 16.5. The molecule has 2 atom stereocenters. The van der Waals surface area contributed by atoms with Crippen molar-refractivity contribution in [3.8, 4) is 0 Å². The van der Waals surface area contributed by atoms with Crippen LogP contribution in [0.3, 0.4) is 0 Å². The van der Waals surface area contributed by atoms with Gasteiger partial charge in [-0.1, -0.05) is 0 Å². The van der Waals surface area contributed by atoms with Crippen molar-refractivity contribution < 1.29 is 28.9 Å². The number of methoxy groups -OCH3 is 3. The normalized spacial score (nSPS) is 25.5. The lowest BCUT2D eigenvalue weighted by Crippen LogP contribution is -2.59. The Labute approximate surface area is 97.3 Å². The number of rotatable bonds is 5. The van der Waals surface area contributed by atoms with Gasteiger partial charge in [0.1, 0.15) is 0 Å². The zero-order valence-corrected chi connectivity index (χ0v) is 9.64. The minimum atomic E-state index is -2.17. The summed E-state index contributed by atoms with van der Waals surface area (Å²) in [6.07, 6.45) is -1.49. The first-order chi connectivity index (χ1) is 7.92. The molecule has 0 spiro atoms. The number of hydrogen-bond donors (Lipinski definition) is 3. The maximum Gasteiger partial charge on any atom is 0.292 e. The Morgan fingerprint density at radius 1 is 1.41 bits per heavy atom. The molecule has 8 heteroatoms. The van der Waals surface area contributed by atoms with Crippen molar-refractivity contribution >= 4 is 11.8 Å². The quantitative estimate of drug-likeness (QED) is 0.506. The van der Waals surface area contributed by atoms with Gasteiger partial charge in [0, 0.05) is 7.11 Å². The van der Waals surface area contributed by atoms with E-state index in [1.807, 2.05) is 0 Å². The highest BCUT2D eigenvalue weighted by Crippen LogP contribution is 2.30. The summed E-state index contributed by atoms with van der Waals surface area (Å²) in [5, 5.41) is 12.4. The Morgan fingerprint density at radius 3 is 2.35 bits per heavy atom. The number of carbonyl (C=O) groups is 2. The van der Waals surface area contributed by atoms with Gasteiger partial charge in [-0.3, -0.25) is 9.59 Å². The second-order valence-electron chi connectivity index (χ2n) is 3.31. The third-order valence-corrected chi connectivity index (χ3v) is 2.34. The van der Waals surface area contributed by atoms with Crippen molar-refractivity contribution in [2.75, 3.05) is 21.3 Å². The fourth-order valence-corrected chi connectivity index (χ4v) is 1.67. The topological polar surface area (TPSA) is 120 Å². The van der Waals surface area contributed by atoms with Crippen molar-refractivity contribution in [2.24, 2.45) is 5.73 Å². The number of hydrogen-bond acceptors (Lipinski definition) is 6. The molecular formula is C9H14N2O6. The summed E-state index contributed by atoms with van der Waals surface area (Å²) in [4.78, 5) is 22.6.